The molecule has 0 N–H and O–H groups in total. The summed E-state index contributed by atoms with van der Waals surface area (Å²) in [5, 5.41) is 0. The maximum atomic E-state index is 13.4. The first-order valence-corrected chi connectivity index (χ1v) is 6.72. The van der Waals surface area contributed by atoms with E-state index in [9.17, 15) is 9.18 Å². The lowest BCUT2D eigenvalue weighted by molar-refractivity contribution is 0.0735. The topological polar surface area (TPSA) is 33.2 Å². The SMILES string of the molecule is O=C(c1cccnc1)N1CCC[C@H]1c1cccc(F)c1. The van der Waals surface area contributed by atoms with Crippen LogP contribution in [0.3, 0.4) is 0 Å². The van der Waals surface area contributed by atoms with Gasteiger partial charge in [-0.15, -0.1) is 0 Å². The van der Waals surface area contributed by atoms with Gasteiger partial charge < -0.3 is 4.90 Å². The maximum Gasteiger partial charge on any atom is 0.255 e. The van der Waals surface area contributed by atoms with Crippen molar-refractivity contribution in [1.29, 1.82) is 0 Å². The van der Waals surface area contributed by atoms with Gasteiger partial charge >= 0.3 is 0 Å². The van der Waals surface area contributed by atoms with Gasteiger partial charge in [-0.05, 0) is 42.7 Å². The molecule has 0 aliphatic carbocycles. The Balaban J connectivity index is 1.88. The van der Waals surface area contributed by atoms with Crippen LogP contribution < -0.4 is 0 Å². The Labute approximate surface area is 117 Å². The first-order chi connectivity index (χ1) is 9.75. The van der Waals surface area contributed by atoms with Gasteiger partial charge in [0.05, 0.1) is 11.6 Å². The average molecular weight is 270 g/mol. The average Bonchev–Trinajstić information content (AvgIpc) is 2.97. The summed E-state index contributed by atoms with van der Waals surface area (Å²) in [6, 6.07) is 9.97. The van der Waals surface area contributed by atoms with E-state index in [1.54, 1.807) is 30.6 Å². The van der Waals surface area contributed by atoms with Crippen LogP contribution in [-0.4, -0.2) is 22.3 Å². The quantitative estimate of drug-likeness (QED) is 0.839. The fourth-order valence-electron chi connectivity index (χ4n) is 2.73. The number of amides is 1. The van der Waals surface area contributed by atoms with Gasteiger partial charge in [0.2, 0.25) is 0 Å². The summed E-state index contributed by atoms with van der Waals surface area (Å²) in [5.74, 6) is -0.298. The number of benzene rings is 1. The zero-order valence-electron chi connectivity index (χ0n) is 11.0. The second kappa shape index (κ2) is 5.41. The molecule has 1 aliphatic heterocycles. The molecule has 20 heavy (non-hydrogen) atoms. The van der Waals surface area contributed by atoms with Crippen LogP contribution in [0.15, 0.2) is 48.8 Å². The first kappa shape index (κ1) is 12.8. The molecule has 1 atom stereocenters. The number of carbonyl (C=O) groups is 1. The summed E-state index contributed by atoms with van der Waals surface area (Å²) in [6.07, 6.45) is 5.02. The van der Waals surface area contributed by atoms with Gasteiger partial charge in [0.25, 0.3) is 5.91 Å². The van der Waals surface area contributed by atoms with Crippen LogP contribution in [0, 0.1) is 5.82 Å². The fourth-order valence-corrected chi connectivity index (χ4v) is 2.73. The van der Waals surface area contributed by atoms with E-state index in [0.29, 0.717) is 12.1 Å². The summed E-state index contributed by atoms with van der Waals surface area (Å²) in [4.78, 5) is 18.3. The van der Waals surface area contributed by atoms with Crippen molar-refractivity contribution in [3.05, 3.63) is 65.7 Å². The molecule has 2 aromatic rings. The van der Waals surface area contributed by atoms with Crippen molar-refractivity contribution in [2.24, 2.45) is 0 Å². The second-order valence-electron chi connectivity index (χ2n) is 4.95. The summed E-state index contributed by atoms with van der Waals surface area (Å²) in [7, 11) is 0. The fraction of sp³-hybridized carbons (Fsp3) is 0.250. The normalized spacial score (nSPS) is 18.2. The highest BCUT2D eigenvalue weighted by Gasteiger charge is 2.30. The van der Waals surface area contributed by atoms with E-state index >= 15 is 0 Å². The van der Waals surface area contributed by atoms with Crippen LogP contribution in [0.25, 0.3) is 0 Å². The monoisotopic (exact) mass is 270 g/mol. The zero-order valence-corrected chi connectivity index (χ0v) is 11.0. The Kier molecular flexibility index (Phi) is 3.46. The number of nitrogens with zero attached hydrogens (tertiary/aromatic N) is 2. The van der Waals surface area contributed by atoms with E-state index in [2.05, 4.69) is 4.98 Å². The molecule has 0 saturated carbocycles. The molecule has 4 heteroatoms. The smallest absolute Gasteiger partial charge is 0.255 e. The van der Waals surface area contributed by atoms with E-state index in [0.717, 1.165) is 18.4 Å². The van der Waals surface area contributed by atoms with Crippen molar-refractivity contribution in [2.45, 2.75) is 18.9 Å². The molecule has 1 aromatic heterocycles. The van der Waals surface area contributed by atoms with E-state index in [4.69, 9.17) is 0 Å². The molecule has 2 heterocycles. The summed E-state index contributed by atoms with van der Waals surface area (Å²) in [6.45, 7) is 0.703. The van der Waals surface area contributed by atoms with Crippen molar-refractivity contribution < 1.29 is 9.18 Å². The minimum Gasteiger partial charge on any atom is -0.332 e. The van der Waals surface area contributed by atoms with Crippen LogP contribution in [0.2, 0.25) is 0 Å². The molecule has 3 nitrogen and oxygen atoms in total. The van der Waals surface area contributed by atoms with Crippen LogP contribution in [0.4, 0.5) is 4.39 Å². The van der Waals surface area contributed by atoms with Gasteiger partial charge in [-0.2, -0.15) is 0 Å². The minimum atomic E-state index is -0.261. The lowest BCUT2D eigenvalue weighted by atomic mass is 10.0. The number of aromatic nitrogens is 1. The van der Waals surface area contributed by atoms with Crippen LogP contribution >= 0.6 is 0 Å². The van der Waals surface area contributed by atoms with Gasteiger partial charge in [0.1, 0.15) is 5.82 Å². The molecule has 0 bridgehead atoms. The second-order valence-corrected chi connectivity index (χ2v) is 4.95. The number of carbonyl (C=O) groups excluding carboxylic acids is 1. The molecule has 0 radical (unpaired) electrons. The Hall–Kier alpha value is -2.23. The van der Waals surface area contributed by atoms with Crippen molar-refractivity contribution in [2.75, 3.05) is 6.54 Å². The third-order valence-corrected chi connectivity index (χ3v) is 3.66. The molecule has 1 aliphatic rings. The third kappa shape index (κ3) is 2.41. The highest BCUT2D eigenvalue weighted by atomic mass is 19.1. The number of likely N-dealkylation sites (tertiary alicyclic amines) is 1. The Morgan fingerprint density at radius 2 is 2.20 bits per heavy atom. The van der Waals surface area contributed by atoms with Crippen molar-refractivity contribution in [1.82, 2.24) is 9.88 Å². The minimum absolute atomic E-state index is 0.0372. The predicted molar refractivity (Wildman–Crippen MR) is 73.6 cm³/mol. The number of hydrogen-bond donors (Lipinski definition) is 0. The summed E-state index contributed by atoms with van der Waals surface area (Å²) < 4.78 is 13.4. The van der Waals surface area contributed by atoms with Gasteiger partial charge in [-0.1, -0.05) is 12.1 Å². The molecule has 102 valence electrons. The Morgan fingerprint density at radius 1 is 1.30 bits per heavy atom. The van der Waals surface area contributed by atoms with E-state index in [1.807, 2.05) is 11.0 Å². The number of pyridine rings is 1. The zero-order chi connectivity index (χ0) is 13.9. The van der Waals surface area contributed by atoms with Crippen molar-refractivity contribution in [3.8, 4) is 0 Å². The van der Waals surface area contributed by atoms with E-state index in [1.165, 1.54) is 12.1 Å². The lowest BCUT2D eigenvalue weighted by Crippen LogP contribution is -2.30. The highest BCUT2D eigenvalue weighted by molar-refractivity contribution is 5.94. The molecule has 0 spiro atoms. The molecule has 1 aromatic carbocycles. The largest absolute Gasteiger partial charge is 0.332 e. The lowest BCUT2D eigenvalue weighted by Gasteiger charge is -2.25. The number of halogens is 1. The molecule has 3 rings (SSSR count). The molecular weight excluding hydrogens is 255 g/mol. The Morgan fingerprint density at radius 3 is 2.95 bits per heavy atom. The van der Waals surface area contributed by atoms with Gasteiger partial charge in [0.15, 0.2) is 0 Å². The molecule has 0 unspecified atom stereocenters. The van der Waals surface area contributed by atoms with Crippen LogP contribution in [0.5, 0.6) is 0 Å². The molecular formula is C16H15FN2O. The summed E-state index contributed by atoms with van der Waals surface area (Å²) >= 11 is 0. The predicted octanol–water partition coefficient (Wildman–Crippen LogP) is 3.20. The van der Waals surface area contributed by atoms with Gasteiger partial charge in [0, 0.05) is 18.9 Å². The highest BCUT2D eigenvalue weighted by Crippen LogP contribution is 2.33. The van der Waals surface area contributed by atoms with Crippen molar-refractivity contribution in [3.63, 3.8) is 0 Å². The van der Waals surface area contributed by atoms with Gasteiger partial charge in [-0.25, -0.2) is 4.39 Å². The van der Waals surface area contributed by atoms with E-state index in [-0.39, 0.29) is 17.8 Å². The molecule has 1 fully saturated rings. The molecule has 1 saturated heterocycles. The van der Waals surface area contributed by atoms with E-state index < -0.39 is 0 Å². The third-order valence-electron chi connectivity index (χ3n) is 3.66. The summed E-state index contributed by atoms with van der Waals surface area (Å²) in [5.41, 5.74) is 1.44. The maximum absolute atomic E-state index is 13.4. The van der Waals surface area contributed by atoms with Crippen LogP contribution in [0.1, 0.15) is 34.8 Å². The van der Waals surface area contributed by atoms with Crippen molar-refractivity contribution >= 4 is 5.91 Å². The number of hydrogen-bond acceptors (Lipinski definition) is 2. The van der Waals surface area contributed by atoms with Crippen LogP contribution in [-0.2, 0) is 0 Å². The first-order valence-electron chi connectivity index (χ1n) is 6.72. The standard InChI is InChI=1S/C16H15FN2O/c17-14-6-1-4-12(10-14)15-7-3-9-19(15)16(20)13-5-2-8-18-11-13/h1-2,4-6,8,10-11,15H,3,7,9H2/t15-/m0/s1. The van der Waals surface area contributed by atoms with Gasteiger partial charge in [-0.3, -0.25) is 9.78 Å². The Bertz CT molecular complexity index is 615. The molecule has 1 amide bonds. The number of rotatable bonds is 2.